The van der Waals surface area contributed by atoms with E-state index in [1.807, 2.05) is 18.2 Å². The van der Waals surface area contributed by atoms with Gasteiger partial charge in [0, 0.05) is 12.5 Å². The lowest BCUT2D eigenvalue weighted by Gasteiger charge is -2.28. The van der Waals surface area contributed by atoms with Crippen molar-refractivity contribution in [3.8, 4) is 11.5 Å². The van der Waals surface area contributed by atoms with Gasteiger partial charge in [-0.25, -0.2) is 4.79 Å². The first kappa shape index (κ1) is 14.2. The third-order valence-electron chi connectivity index (χ3n) is 4.66. The highest BCUT2D eigenvalue weighted by atomic mass is 16.5. The Balaban J connectivity index is 1.61. The molecule has 0 radical (unpaired) electrons. The van der Waals surface area contributed by atoms with Crippen LogP contribution in [0.2, 0.25) is 0 Å². The van der Waals surface area contributed by atoms with E-state index in [0.717, 1.165) is 30.1 Å². The van der Waals surface area contributed by atoms with Gasteiger partial charge < -0.3 is 14.6 Å². The van der Waals surface area contributed by atoms with E-state index < -0.39 is 12.1 Å². The number of carboxylic acid groups (broad SMARTS) is 1. The third-order valence-corrected chi connectivity index (χ3v) is 4.66. The minimum atomic E-state index is -0.911. The second-order valence-corrected chi connectivity index (χ2v) is 6.09. The van der Waals surface area contributed by atoms with Crippen LogP contribution in [0.5, 0.6) is 11.5 Å². The van der Waals surface area contributed by atoms with E-state index >= 15 is 0 Å². The zero-order valence-corrected chi connectivity index (χ0v) is 12.4. The predicted molar refractivity (Wildman–Crippen MR) is 78.9 cm³/mol. The van der Waals surface area contributed by atoms with Gasteiger partial charge in [0.15, 0.2) is 6.10 Å². The smallest absolute Gasteiger partial charge is 0.345 e. The van der Waals surface area contributed by atoms with Gasteiger partial charge in [-0.05, 0) is 43.2 Å². The van der Waals surface area contributed by atoms with Gasteiger partial charge in [-0.3, -0.25) is 0 Å². The van der Waals surface area contributed by atoms with Crippen molar-refractivity contribution in [2.24, 2.45) is 5.92 Å². The van der Waals surface area contributed by atoms with Gasteiger partial charge >= 0.3 is 5.97 Å². The van der Waals surface area contributed by atoms with E-state index in [1.165, 1.54) is 19.3 Å². The van der Waals surface area contributed by atoms with Crippen LogP contribution in [-0.2, 0) is 11.2 Å². The van der Waals surface area contributed by atoms with Crippen LogP contribution < -0.4 is 9.47 Å². The molecule has 4 heteroatoms. The Morgan fingerprint density at radius 1 is 1.33 bits per heavy atom. The van der Waals surface area contributed by atoms with Crippen molar-refractivity contribution in [2.45, 2.75) is 57.7 Å². The van der Waals surface area contributed by atoms with Crippen LogP contribution in [0.1, 0.15) is 44.6 Å². The average Bonchev–Trinajstić information content (AvgIpc) is 2.91. The Hall–Kier alpha value is -1.71. The monoisotopic (exact) mass is 290 g/mol. The molecule has 1 N–H and O–H groups in total. The van der Waals surface area contributed by atoms with E-state index in [9.17, 15) is 4.79 Å². The summed E-state index contributed by atoms with van der Waals surface area (Å²) in [6.45, 7) is 2.25. The summed E-state index contributed by atoms with van der Waals surface area (Å²) >= 11 is 0. The number of hydrogen-bond acceptors (Lipinski definition) is 3. The van der Waals surface area contributed by atoms with E-state index in [1.54, 1.807) is 0 Å². The molecule has 1 aliphatic heterocycles. The molecule has 1 unspecified atom stereocenters. The molecule has 0 saturated heterocycles. The first-order chi connectivity index (χ1) is 10.2. The molecule has 114 valence electrons. The Labute approximate surface area is 125 Å². The molecular weight excluding hydrogens is 268 g/mol. The number of carbonyl (C=O) groups is 1. The summed E-state index contributed by atoms with van der Waals surface area (Å²) in [4.78, 5) is 11.0. The van der Waals surface area contributed by atoms with Crippen LogP contribution in [0.25, 0.3) is 0 Å². The highest BCUT2D eigenvalue weighted by Crippen LogP contribution is 2.35. The maximum absolute atomic E-state index is 11.0. The molecule has 0 aromatic heterocycles. The van der Waals surface area contributed by atoms with E-state index in [0.29, 0.717) is 12.2 Å². The molecular formula is C17H22O4. The highest BCUT2D eigenvalue weighted by Gasteiger charge is 2.29. The topological polar surface area (TPSA) is 55.8 Å². The van der Waals surface area contributed by atoms with Gasteiger partial charge in [0.05, 0.1) is 6.10 Å². The zero-order chi connectivity index (χ0) is 14.8. The molecule has 1 aliphatic carbocycles. The van der Waals surface area contributed by atoms with Crippen molar-refractivity contribution in [1.29, 1.82) is 0 Å². The molecule has 1 aromatic carbocycles. The summed E-state index contributed by atoms with van der Waals surface area (Å²) in [5, 5.41) is 9.01. The minimum Gasteiger partial charge on any atom is -0.490 e. The van der Waals surface area contributed by atoms with Gasteiger partial charge in [-0.2, -0.15) is 0 Å². The first-order valence-electron chi connectivity index (χ1n) is 7.84. The van der Waals surface area contributed by atoms with Crippen molar-refractivity contribution < 1.29 is 19.4 Å². The summed E-state index contributed by atoms with van der Waals surface area (Å²) < 4.78 is 11.5. The molecule has 1 heterocycles. The maximum atomic E-state index is 11.0. The maximum Gasteiger partial charge on any atom is 0.345 e. The van der Waals surface area contributed by atoms with Crippen LogP contribution in [0.4, 0.5) is 0 Å². The molecule has 0 bridgehead atoms. The number of fused-ring (bicyclic) bond motifs is 1. The number of aliphatic carboxylic acids is 1. The Bertz CT molecular complexity index is 518. The van der Waals surface area contributed by atoms with Crippen molar-refractivity contribution in [2.75, 3.05) is 0 Å². The van der Waals surface area contributed by atoms with Gasteiger partial charge in [0.2, 0.25) is 0 Å². The second-order valence-electron chi connectivity index (χ2n) is 6.09. The molecule has 21 heavy (non-hydrogen) atoms. The zero-order valence-electron chi connectivity index (χ0n) is 12.4. The number of hydrogen-bond donors (Lipinski definition) is 1. The Morgan fingerprint density at radius 2 is 2.10 bits per heavy atom. The summed E-state index contributed by atoms with van der Waals surface area (Å²) in [5.41, 5.74) is 0.949. The number of rotatable bonds is 4. The molecule has 1 atom stereocenters. The molecule has 0 spiro atoms. The first-order valence-corrected chi connectivity index (χ1v) is 7.84. The van der Waals surface area contributed by atoms with Crippen LogP contribution in [-0.4, -0.2) is 23.3 Å². The fraction of sp³-hybridized carbons (Fsp3) is 0.588. The van der Waals surface area contributed by atoms with E-state index in [4.69, 9.17) is 14.6 Å². The number of benzene rings is 1. The molecule has 1 saturated carbocycles. The van der Waals surface area contributed by atoms with Crippen LogP contribution in [0.15, 0.2) is 18.2 Å². The molecule has 2 aliphatic rings. The SMILES string of the molecule is CCC1CCC(Oc2ccc3c(c2)OC(C(=O)O)C3)CC1. The molecule has 1 fully saturated rings. The Kier molecular flexibility index (Phi) is 4.04. The largest absolute Gasteiger partial charge is 0.490 e. The summed E-state index contributed by atoms with van der Waals surface area (Å²) in [5.74, 6) is 1.39. The van der Waals surface area contributed by atoms with Crippen molar-refractivity contribution >= 4 is 5.97 Å². The van der Waals surface area contributed by atoms with Gasteiger partial charge in [0.1, 0.15) is 11.5 Å². The minimum absolute atomic E-state index is 0.280. The van der Waals surface area contributed by atoms with E-state index in [-0.39, 0.29) is 6.10 Å². The van der Waals surface area contributed by atoms with E-state index in [2.05, 4.69) is 6.92 Å². The molecule has 3 rings (SSSR count). The van der Waals surface area contributed by atoms with Crippen LogP contribution in [0, 0.1) is 5.92 Å². The fourth-order valence-electron chi connectivity index (χ4n) is 3.27. The van der Waals surface area contributed by atoms with Crippen LogP contribution >= 0.6 is 0 Å². The van der Waals surface area contributed by atoms with Crippen LogP contribution in [0.3, 0.4) is 0 Å². The normalized spacial score (nSPS) is 27.8. The average molecular weight is 290 g/mol. The number of ether oxygens (including phenoxy) is 2. The second kappa shape index (κ2) is 5.96. The molecule has 0 amide bonds. The lowest BCUT2D eigenvalue weighted by Crippen LogP contribution is -2.24. The lowest BCUT2D eigenvalue weighted by atomic mass is 9.86. The Morgan fingerprint density at radius 3 is 2.76 bits per heavy atom. The lowest BCUT2D eigenvalue weighted by molar-refractivity contribution is -0.144. The molecule has 4 nitrogen and oxygen atoms in total. The quantitative estimate of drug-likeness (QED) is 0.923. The molecule has 1 aromatic rings. The highest BCUT2D eigenvalue weighted by molar-refractivity contribution is 5.74. The van der Waals surface area contributed by atoms with Gasteiger partial charge in [-0.1, -0.05) is 19.4 Å². The predicted octanol–water partition coefficient (Wildman–Crippen LogP) is 3.42. The summed E-state index contributed by atoms with van der Waals surface area (Å²) in [7, 11) is 0. The van der Waals surface area contributed by atoms with Gasteiger partial charge in [0.25, 0.3) is 0 Å². The summed E-state index contributed by atoms with van der Waals surface area (Å²) in [6.07, 6.45) is 5.91. The third kappa shape index (κ3) is 3.14. The van der Waals surface area contributed by atoms with Gasteiger partial charge in [-0.15, -0.1) is 0 Å². The standard InChI is InChI=1S/C17H22O4/c1-2-11-3-6-13(7-4-11)20-14-8-5-12-9-16(17(18)19)21-15(12)10-14/h5,8,10-11,13,16H,2-4,6-7,9H2,1H3,(H,18,19). The summed E-state index contributed by atoms with van der Waals surface area (Å²) in [6, 6.07) is 5.69. The van der Waals surface area contributed by atoms with Crippen molar-refractivity contribution in [1.82, 2.24) is 0 Å². The number of carboxylic acids is 1. The van der Waals surface area contributed by atoms with Crippen molar-refractivity contribution in [3.05, 3.63) is 23.8 Å². The van der Waals surface area contributed by atoms with Crippen molar-refractivity contribution in [3.63, 3.8) is 0 Å². The fourth-order valence-corrected chi connectivity index (χ4v) is 3.27.